The van der Waals surface area contributed by atoms with Gasteiger partial charge in [0, 0.05) is 11.2 Å². The van der Waals surface area contributed by atoms with Crippen molar-refractivity contribution in [1.82, 2.24) is 15.3 Å². The van der Waals surface area contributed by atoms with Gasteiger partial charge in [0.2, 0.25) is 0 Å². The zero-order valence-corrected chi connectivity index (χ0v) is 12.5. The van der Waals surface area contributed by atoms with E-state index in [1.54, 1.807) is 31.2 Å². The number of carbonyl (C=O) groups excluding carboxylic acids is 1. The fourth-order valence-electron chi connectivity index (χ4n) is 1.91. The maximum absolute atomic E-state index is 12.2. The Morgan fingerprint density at radius 2 is 2.00 bits per heavy atom. The number of carbonyl (C=O) groups is 2. The Morgan fingerprint density at radius 3 is 2.59 bits per heavy atom. The first-order valence-electron chi connectivity index (χ1n) is 6.53. The quantitative estimate of drug-likeness (QED) is 0.882. The Labute approximate surface area is 132 Å². The first kappa shape index (κ1) is 15.9. The second-order valence-corrected chi connectivity index (χ2v) is 5.10. The Hall–Kier alpha value is -2.47. The molecule has 1 aromatic carbocycles. The molecular formula is C15H14ClN3O3. The predicted octanol–water partition coefficient (Wildman–Crippen LogP) is 2.38. The molecule has 0 saturated carbocycles. The van der Waals surface area contributed by atoms with E-state index in [1.165, 1.54) is 12.4 Å². The summed E-state index contributed by atoms with van der Waals surface area (Å²) in [4.78, 5) is 31.2. The van der Waals surface area contributed by atoms with E-state index in [1.807, 2.05) is 0 Å². The largest absolute Gasteiger partial charge is 0.481 e. The van der Waals surface area contributed by atoms with Crippen molar-refractivity contribution in [1.29, 1.82) is 0 Å². The van der Waals surface area contributed by atoms with Crippen LogP contribution >= 0.6 is 11.6 Å². The van der Waals surface area contributed by atoms with Crippen molar-refractivity contribution in [3.63, 3.8) is 0 Å². The molecular weight excluding hydrogens is 306 g/mol. The standard InChI is InChI=1S/C15H14ClN3O3/c1-9-7-18-13(8-17-9)15(22)19-12(6-14(20)21)10-4-2-3-5-11(10)16/h2-5,7-8,12H,6H2,1H3,(H,19,22)(H,20,21)/t12-/m1/s1. The summed E-state index contributed by atoms with van der Waals surface area (Å²) in [5, 5.41) is 12.1. The number of rotatable bonds is 5. The Kier molecular flexibility index (Phi) is 5.06. The summed E-state index contributed by atoms with van der Waals surface area (Å²) in [6.07, 6.45) is 2.53. The Morgan fingerprint density at radius 1 is 1.27 bits per heavy atom. The van der Waals surface area contributed by atoms with Crippen LogP contribution in [0.5, 0.6) is 0 Å². The highest BCUT2D eigenvalue weighted by Gasteiger charge is 2.21. The molecule has 1 aromatic heterocycles. The van der Waals surface area contributed by atoms with Crippen molar-refractivity contribution in [2.24, 2.45) is 0 Å². The van der Waals surface area contributed by atoms with E-state index in [0.29, 0.717) is 16.3 Å². The van der Waals surface area contributed by atoms with Crippen LogP contribution in [-0.2, 0) is 4.79 Å². The summed E-state index contributed by atoms with van der Waals surface area (Å²) in [7, 11) is 0. The smallest absolute Gasteiger partial charge is 0.305 e. The van der Waals surface area contributed by atoms with Crippen molar-refractivity contribution in [2.45, 2.75) is 19.4 Å². The van der Waals surface area contributed by atoms with Gasteiger partial charge in [-0.15, -0.1) is 0 Å². The van der Waals surface area contributed by atoms with Crippen molar-refractivity contribution in [2.75, 3.05) is 0 Å². The Bertz CT molecular complexity index is 689. The molecule has 0 aliphatic heterocycles. The molecule has 2 aromatic rings. The molecule has 0 aliphatic carbocycles. The lowest BCUT2D eigenvalue weighted by molar-refractivity contribution is -0.137. The number of hydrogen-bond acceptors (Lipinski definition) is 4. The van der Waals surface area contributed by atoms with Crippen LogP contribution < -0.4 is 5.32 Å². The molecule has 0 unspecified atom stereocenters. The molecule has 22 heavy (non-hydrogen) atoms. The highest BCUT2D eigenvalue weighted by Crippen LogP contribution is 2.25. The number of halogens is 1. The summed E-state index contributed by atoms with van der Waals surface area (Å²) >= 11 is 6.08. The minimum Gasteiger partial charge on any atom is -0.481 e. The van der Waals surface area contributed by atoms with Gasteiger partial charge in [0.05, 0.1) is 24.4 Å². The number of carboxylic acids is 1. The lowest BCUT2D eigenvalue weighted by Gasteiger charge is -2.18. The molecule has 1 atom stereocenters. The molecule has 114 valence electrons. The number of aryl methyl sites for hydroxylation is 1. The van der Waals surface area contributed by atoms with Gasteiger partial charge in [-0.3, -0.25) is 14.6 Å². The van der Waals surface area contributed by atoms with Crippen LogP contribution in [0.3, 0.4) is 0 Å². The summed E-state index contributed by atoms with van der Waals surface area (Å²) in [6.45, 7) is 1.76. The lowest BCUT2D eigenvalue weighted by Crippen LogP contribution is -2.31. The third kappa shape index (κ3) is 4.02. The summed E-state index contributed by atoms with van der Waals surface area (Å²) in [5.41, 5.74) is 1.35. The van der Waals surface area contributed by atoms with E-state index in [4.69, 9.17) is 16.7 Å². The zero-order valence-electron chi connectivity index (χ0n) is 11.8. The average Bonchev–Trinajstić information content (AvgIpc) is 2.47. The zero-order chi connectivity index (χ0) is 16.1. The SMILES string of the molecule is Cc1cnc(C(=O)N[C@H](CC(=O)O)c2ccccc2Cl)cn1. The highest BCUT2D eigenvalue weighted by molar-refractivity contribution is 6.31. The average molecular weight is 320 g/mol. The van der Waals surface area contributed by atoms with E-state index >= 15 is 0 Å². The predicted molar refractivity (Wildman–Crippen MR) is 80.7 cm³/mol. The molecule has 7 heteroatoms. The number of hydrogen-bond donors (Lipinski definition) is 2. The summed E-state index contributed by atoms with van der Waals surface area (Å²) < 4.78 is 0. The van der Waals surface area contributed by atoms with Crippen molar-refractivity contribution in [3.05, 3.63) is 58.6 Å². The third-order valence-corrected chi connectivity index (χ3v) is 3.32. The van der Waals surface area contributed by atoms with Crippen LogP contribution in [0.4, 0.5) is 0 Å². The van der Waals surface area contributed by atoms with Gasteiger partial charge in [0.25, 0.3) is 5.91 Å². The van der Waals surface area contributed by atoms with E-state index in [-0.39, 0.29) is 12.1 Å². The van der Waals surface area contributed by atoms with Gasteiger partial charge in [-0.2, -0.15) is 0 Å². The van der Waals surface area contributed by atoms with Crippen LogP contribution in [0, 0.1) is 6.92 Å². The van der Waals surface area contributed by atoms with Gasteiger partial charge in [0.1, 0.15) is 5.69 Å². The van der Waals surface area contributed by atoms with Crippen molar-refractivity contribution in [3.8, 4) is 0 Å². The maximum Gasteiger partial charge on any atom is 0.305 e. The molecule has 0 fully saturated rings. The number of carboxylic acid groups (broad SMARTS) is 1. The molecule has 0 bridgehead atoms. The summed E-state index contributed by atoms with van der Waals surface area (Å²) in [6, 6.07) is 6.03. The molecule has 1 amide bonds. The van der Waals surface area contributed by atoms with Gasteiger partial charge in [-0.05, 0) is 18.6 Å². The van der Waals surface area contributed by atoms with Gasteiger partial charge in [-0.1, -0.05) is 29.8 Å². The molecule has 6 nitrogen and oxygen atoms in total. The molecule has 0 radical (unpaired) electrons. The molecule has 2 rings (SSSR count). The molecule has 0 aliphatic rings. The number of benzene rings is 1. The first-order chi connectivity index (χ1) is 10.5. The van der Waals surface area contributed by atoms with Crippen LogP contribution in [0.15, 0.2) is 36.7 Å². The normalized spacial score (nSPS) is 11.7. The van der Waals surface area contributed by atoms with Gasteiger partial charge < -0.3 is 10.4 Å². The number of nitrogens with zero attached hydrogens (tertiary/aromatic N) is 2. The lowest BCUT2D eigenvalue weighted by atomic mass is 10.0. The van der Waals surface area contributed by atoms with Crippen LogP contribution in [-0.4, -0.2) is 27.0 Å². The molecule has 0 saturated heterocycles. The maximum atomic E-state index is 12.2. The number of nitrogens with one attached hydrogen (secondary N) is 1. The molecule has 0 spiro atoms. The molecule has 2 N–H and O–H groups in total. The topological polar surface area (TPSA) is 92.2 Å². The van der Waals surface area contributed by atoms with Crippen molar-refractivity contribution < 1.29 is 14.7 Å². The van der Waals surface area contributed by atoms with Gasteiger partial charge in [0.15, 0.2) is 0 Å². The van der Waals surface area contributed by atoms with Crippen LogP contribution in [0.1, 0.15) is 34.2 Å². The fraction of sp³-hybridized carbons (Fsp3) is 0.200. The number of aliphatic carboxylic acids is 1. The van der Waals surface area contributed by atoms with Crippen molar-refractivity contribution >= 4 is 23.5 Å². The van der Waals surface area contributed by atoms with Crippen LogP contribution in [0.25, 0.3) is 0 Å². The van der Waals surface area contributed by atoms with E-state index in [9.17, 15) is 9.59 Å². The van der Waals surface area contributed by atoms with E-state index < -0.39 is 17.9 Å². The second-order valence-electron chi connectivity index (χ2n) is 4.69. The minimum atomic E-state index is -1.04. The van der Waals surface area contributed by atoms with E-state index in [0.717, 1.165) is 0 Å². The van der Waals surface area contributed by atoms with Crippen LogP contribution in [0.2, 0.25) is 5.02 Å². The van der Waals surface area contributed by atoms with E-state index in [2.05, 4.69) is 15.3 Å². The second kappa shape index (κ2) is 7.00. The van der Waals surface area contributed by atoms with Gasteiger partial charge >= 0.3 is 5.97 Å². The number of aromatic nitrogens is 2. The first-order valence-corrected chi connectivity index (χ1v) is 6.91. The fourth-order valence-corrected chi connectivity index (χ4v) is 2.18. The summed E-state index contributed by atoms with van der Waals surface area (Å²) in [5.74, 6) is -1.54. The highest BCUT2D eigenvalue weighted by atomic mass is 35.5. The van der Waals surface area contributed by atoms with Gasteiger partial charge in [-0.25, -0.2) is 4.98 Å². The third-order valence-electron chi connectivity index (χ3n) is 2.98. The minimum absolute atomic E-state index is 0.119. The monoisotopic (exact) mass is 319 g/mol. The number of amides is 1. The Balaban J connectivity index is 2.23. The molecule has 1 heterocycles.